The number of rotatable bonds is 25. The minimum absolute atomic E-state index is 0.0335. The highest BCUT2D eigenvalue weighted by atomic mass is 19.1. The molecule has 14 rings (SSSR count). The molecule has 624 valence electrons. The Morgan fingerprint density at radius 3 is 1.49 bits per heavy atom. The van der Waals surface area contributed by atoms with Crippen LogP contribution in [0.1, 0.15) is 174 Å². The first-order chi connectivity index (χ1) is 57.0. The molecule has 0 bridgehead atoms. The maximum absolute atomic E-state index is 15.1. The van der Waals surface area contributed by atoms with E-state index in [0.717, 1.165) is 161 Å². The van der Waals surface area contributed by atoms with Crippen LogP contribution in [0.25, 0.3) is 44.3 Å². The quantitative estimate of drug-likeness (QED) is 0.0263. The number of carbonyl (C=O) groups is 5. The van der Waals surface area contributed by atoms with Crippen molar-refractivity contribution < 1.29 is 52.1 Å². The van der Waals surface area contributed by atoms with Crippen LogP contribution in [0.5, 0.6) is 0 Å². The third-order valence-electron chi connectivity index (χ3n) is 21.5. The number of piperazine rings is 2. The van der Waals surface area contributed by atoms with Crippen molar-refractivity contribution in [2.75, 3.05) is 76.3 Å². The van der Waals surface area contributed by atoms with E-state index in [1.807, 2.05) is 113 Å². The van der Waals surface area contributed by atoms with Gasteiger partial charge in [0.15, 0.2) is 11.3 Å². The number of hydrogen-bond acceptors (Lipinski definition) is 20. The highest BCUT2D eigenvalue weighted by Gasteiger charge is 2.32. The average molecular weight is 1610 g/mol. The van der Waals surface area contributed by atoms with Crippen molar-refractivity contribution in [2.24, 2.45) is 5.73 Å². The smallest absolute Gasteiger partial charge is 0.410 e. The highest BCUT2D eigenvalue weighted by molar-refractivity contribution is 6.00. The molecule has 4 aliphatic heterocycles. The van der Waals surface area contributed by atoms with E-state index in [-0.39, 0.29) is 89.6 Å². The van der Waals surface area contributed by atoms with Crippen LogP contribution < -0.4 is 37.6 Å². The van der Waals surface area contributed by atoms with Gasteiger partial charge in [0, 0.05) is 201 Å². The third kappa shape index (κ3) is 22.1. The van der Waals surface area contributed by atoms with E-state index in [9.17, 15) is 33.5 Å². The van der Waals surface area contributed by atoms with Crippen molar-refractivity contribution >= 4 is 63.2 Å². The molecule has 0 radical (unpaired) electrons. The number of fused-ring (bicyclic) bond motifs is 2. The van der Waals surface area contributed by atoms with Crippen molar-refractivity contribution in [3.05, 3.63) is 213 Å². The molecule has 2 atom stereocenters. The maximum atomic E-state index is 15.1. The van der Waals surface area contributed by atoms with Crippen LogP contribution in [0, 0.1) is 11.6 Å². The molecule has 27 nitrogen and oxygen atoms in total. The zero-order chi connectivity index (χ0) is 83.6. The van der Waals surface area contributed by atoms with Crippen LogP contribution in [-0.4, -0.2) is 185 Å². The first-order valence-corrected chi connectivity index (χ1v) is 41.0. The van der Waals surface area contributed by atoms with E-state index in [4.69, 9.17) is 29.9 Å². The molecule has 4 fully saturated rings. The molecule has 10 aromatic rings. The summed E-state index contributed by atoms with van der Waals surface area (Å²) in [6.07, 6.45) is 13.8. The fraction of sp³-hybridized carbons (Fsp3) is 0.427. The van der Waals surface area contributed by atoms with Gasteiger partial charge in [0.1, 0.15) is 17.2 Å². The van der Waals surface area contributed by atoms with Gasteiger partial charge in [-0.15, -0.1) is 0 Å². The molecule has 4 aliphatic rings. The number of amides is 4. The summed E-state index contributed by atoms with van der Waals surface area (Å²) in [7, 11) is 0. The molecule has 4 saturated heterocycles. The summed E-state index contributed by atoms with van der Waals surface area (Å²) >= 11 is 0. The summed E-state index contributed by atoms with van der Waals surface area (Å²) in [6, 6.07) is 29.7. The number of anilines is 2. The molecular weight excluding hydrogens is 1500 g/mol. The predicted molar refractivity (Wildman–Crippen MR) is 451 cm³/mol. The Balaban J connectivity index is 0.000000174. The number of carboxylic acids is 1. The van der Waals surface area contributed by atoms with Crippen molar-refractivity contribution in [1.82, 2.24) is 75.5 Å². The van der Waals surface area contributed by atoms with Gasteiger partial charge in [-0.2, -0.15) is 10.2 Å². The molecule has 10 heterocycles. The van der Waals surface area contributed by atoms with E-state index in [1.165, 1.54) is 49.1 Å². The number of halogens is 2. The number of pyridine rings is 4. The number of nitrogens with two attached hydrogens (primary N) is 1. The van der Waals surface area contributed by atoms with Crippen molar-refractivity contribution in [3.63, 3.8) is 0 Å². The molecule has 4 amide bonds. The Kier molecular flexibility index (Phi) is 29.4. The minimum atomic E-state index is -1.13. The standard InChI is InChI=1S/C42H50FN9O3.C24H32FN3O2.C23H28N6O4/c1-4-38-35(39(49-33-11-15-55-16-12-33)36-24-48-52(5-2)40(36)50-38)23-47-42(54)32-19-31(21-44-22-32)41(53)46-20-28-9-10-37(43)34(18-28)30-8-6-7-29(17-30)26-51-14-13-45-27(3)25-51;1-17-15-27(10-11-28(17)23(29)30-24(2,3)4)16-19-6-5-7-20(12-19)21-13-18(14-26)8-9-22(21)25;1-3-19-17(12-25-22(30)14-9-15(23(31)32)11-24-10-14)20(27-16-5-7-33-8-6-16)18-13-26-29(4-2)21(18)28-19/h6-10,17-19,21-22,24,27,33,45H,4-5,11-16,20,23,25-26H2,1-3H3,(H,46,53)(H,47,54)(H,49,50);5-9,12-13,17H,10-11,14-16,26H2,1-4H3;9-11,13,16H,3-8,12H2,1-2H3,(H,25,30)(H,27,28)(H,31,32)/t27-;17-;/m00./s1. The van der Waals surface area contributed by atoms with Gasteiger partial charge in [0.2, 0.25) is 0 Å². The van der Waals surface area contributed by atoms with E-state index >= 15 is 4.39 Å². The molecule has 0 unspecified atom stereocenters. The number of carboxylic acid groups (broad SMARTS) is 1. The molecule has 0 saturated carbocycles. The van der Waals surface area contributed by atoms with E-state index < -0.39 is 17.5 Å². The molecule has 29 heteroatoms. The minimum Gasteiger partial charge on any atom is -0.478 e. The molecule has 4 aromatic carbocycles. The second kappa shape index (κ2) is 40.3. The lowest BCUT2D eigenvalue weighted by molar-refractivity contribution is 0.000505. The molecule has 6 aromatic heterocycles. The normalized spacial score (nSPS) is 16.3. The average Bonchev–Trinajstić information content (AvgIpc) is 1.59. The van der Waals surface area contributed by atoms with Crippen LogP contribution in [0.2, 0.25) is 0 Å². The topological polar surface area (TPSA) is 328 Å². The van der Waals surface area contributed by atoms with Crippen LogP contribution >= 0.6 is 0 Å². The van der Waals surface area contributed by atoms with Crippen LogP contribution in [0.15, 0.2) is 134 Å². The number of carbonyl (C=O) groups excluding carboxylic acids is 4. The highest BCUT2D eigenvalue weighted by Crippen LogP contribution is 2.35. The SMILES string of the molecule is CCc1nc2c(cnn2CC)c(NC2CCOCC2)c1CNC(=O)c1cncc(C(=O)NCc2ccc(F)c(-c3cccc(CN4CCN[C@@H](C)C4)c3)c2)c1.CCc1nc2c(cnn2CC)c(NC2CCOCC2)c1CNC(=O)c1cncc(C(=O)O)c1.C[C@H]1CN(Cc2cccc(-c3cc(CN)ccc3F)c2)CCN1C(=O)OC(C)(C)C. The number of ether oxygens (including phenoxy) is 3. The lowest BCUT2D eigenvalue weighted by Gasteiger charge is -2.40. The van der Waals surface area contributed by atoms with Gasteiger partial charge >= 0.3 is 12.1 Å². The third-order valence-corrected chi connectivity index (χ3v) is 21.5. The number of aromatic nitrogens is 8. The fourth-order valence-corrected chi connectivity index (χ4v) is 15.3. The number of nitrogens with zero attached hydrogens (tertiary/aromatic N) is 11. The lowest BCUT2D eigenvalue weighted by atomic mass is 10.00. The summed E-state index contributed by atoms with van der Waals surface area (Å²) in [4.78, 5) is 87.7. The maximum Gasteiger partial charge on any atom is 0.410 e. The van der Waals surface area contributed by atoms with Crippen LogP contribution in [0.3, 0.4) is 0 Å². The van der Waals surface area contributed by atoms with Gasteiger partial charge in [-0.1, -0.05) is 62.4 Å². The Bertz CT molecular complexity index is 5170. The summed E-state index contributed by atoms with van der Waals surface area (Å²) in [5, 5.41) is 39.8. The predicted octanol–water partition coefficient (Wildman–Crippen LogP) is 12.5. The summed E-state index contributed by atoms with van der Waals surface area (Å²) in [6.45, 7) is 29.8. The second-order valence-electron chi connectivity index (χ2n) is 31.3. The molecular formula is C89H110F2N18O9. The zero-order valence-corrected chi connectivity index (χ0v) is 68.9. The van der Waals surface area contributed by atoms with Crippen molar-refractivity contribution in [1.29, 1.82) is 0 Å². The Morgan fingerprint density at radius 2 is 1.03 bits per heavy atom. The van der Waals surface area contributed by atoms with E-state index in [2.05, 4.69) is 87.8 Å². The Morgan fingerprint density at radius 1 is 0.568 bits per heavy atom. The second-order valence-corrected chi connectivity index (χ2v) is 31.3. The monoisotopic (exact) mass is 1610 g/mol. The van der Waals surface area contributed by atoms with Gasteiger partial charge in [0.05, 0.1) is 56.8 Å². The summed E-state index contributed by atoms with van der Waals surface area (Å²) < 4.78 is 49.9. The largest absolute Gasteiger partial charge is 0.478 e. The first-order valence-electron chi connectivity index (χ1n) is 41.0. The van der Waals surface area contributed by atoms with Crippen LogP contribution in [0.4, 0.5) is 25.0 Å². The van der Waals surface area contributed by atoms with Crippen LogP contribution in [-0.2, 0) is 79.4 Å². The molecule has 118 heavy (non-hydrogen) atoms. The first kappa shape index (κ1) is 86.1. The van der Waals surface area contributed by atoms with E-state index in [0.29, 0.717) is 82.6 Å². The van der Waals surface area contributed by atoms with Gasteiger partial charge in [0.25, 0.3) is 17.7 Å². The summed E-state index contributed by atoms with van der Waals surface area (Å²) in [5.74, 6) is -2.84. The van der Waals surface area contributed by atoms with Gasteiger partial charge in [-0.25, -0.2) is 37.7 Å². The molecule has 0 spiro atoms. The number of benzene rings is 4. The number of aromatic carboxylic acids is 1. The lowest BCUT2D eigenvalue weighted by Crippen LogP contribution is -2.54. The fourth-order valence-electron chi connectivity index (χ4n) is 15.3. The van der Waals surface area contributed by atoms with Gasteiger partial charge in [-0.05, 0) is 169 Å². The van der Waals surface area contributed by atoms with Crippen molar-refractivity contribution in [3.8, 4) is 22.3 Å². The van der Waals surface area contributed by atoms with Gasteiger partial charge < -0.3 is 61.9 Å². The zero-order valence-electron chi connectivity index (χ0n) is 68.9. The van der Waals surface area contributed by atoms with E-state index in [1.54, 1.807) is 23.1 Å². The summed E-state index contributed by atoms with van der Waals surface area (Å²) in [5.41, 5.74) is 19.5. The Labute approximate surface area is 687 Å². The van der Waals surface area contributed by atoms with Crippen molar-refractivity contribution in [2.45, 2.75) is 183 Å². The number of nitrogens with one attached hydrogen (secondary N) is 6. The van der Waals surface area contributed by atoms with Gasteiger partial charge in [-0.3, -0.25) is 34.2 Å². The molecule has 0 aliphatic carbocycles. The Hall–Kier alpha value is -11.2. The number of aryl methyl sites for hydroxylation is 4. The molecule has 9 N–H and O–H groups in total. The number of hydrogen-bond donors (Lipinski definition) is 8.